The fourth-order valence-electron chi connectivity index (χ4n) is 2.06. The molecular formula is C17H12ClFN6. The molecule has 0 unspecified atom stereocenters. The van der Waals surface area contributed by atoms with Gasteiger partial charge in [0.15, 0.2) is 22.8 Å². The van der Waals surface area contributed by atoms with Crippen LogP contribution in [0, 0.1) is 0 Å². The monoisotopic (exact) mass is 354 g/mol. The highest BCUT2D eigenvalue weighted by atomic mass is 35.5. The molecule has 3 heterocycles. The summed E-state index contributed by atoms with van der Waals surface area (Å²) in [5.41, 5.74) is 1.50. The summed E-state index contributed by atoms with van der Waals surface area (Å²) >= 11 is 5.77. The van der Waals surface area contributed by atoms with E-state index in [-0.39, 0.29) is 16.4 Å². The quantitative estimate of drug-likeness (QED) is 0.693. The van der Waals surface area contributed by atoms with Crippen LogP contribution in [0.3, 0.4) is 0 Å². The van der Waals surface area contributed by atoms with Crippen LogP contribution in [-0.2, 0) is 0 Å². The molecule has 0 amide bonds. The van der Waals surface area contributed by atoms with Gasteiger partial charge in [0, 0.05) is 35.5 Å². The number of halogens is 2. The van der Waals surface area contributed by atoms with E-state index in [0.29, 0.717) is 17.0 Å². The number of nitrogens with zero attached hydrogens (tertiary/aromatic N) is 5. The lowest BCUT2D eigenvalue weighted by Gasteiger charge is -2.10. The normalized spacial score (nSPS) is 11.4. The summed E-state index contributed by atoms with van der Waals surface area (Å²) in [6.45, 7) is 6.83. The minimum Gasteiger partial charge on any atom is -0.338 e. The molecule has 0 aliphatic carbocycles. The number of anilines is 2. The van der Waals surface area contributed by atoms with Gasteiger partial charge in [-0.15, -0.1) is 0 Å². The third-order valence-corrected chi connectivity index (χ3v) is 3.22. The maximum atomic E-state index is 13.9. The van der Waals surface area contributed by atoms with Crippen molar-refractivity contribution in [2.24, 2.45) is 0 Å². The van der Waals surface area contributed by atoms with Crippen LogP contribution >= 0.6 is 11.6 Å². The number of hydrogen-bond acceptors (Lipinski definition) is 6. The van der Waals surface area contributed by atoms with Crippen molar-refractivity contribution in [1.29, 1.82) is 0 Å². The zero-order valence-corrected chi connectivity index (χ0v) is 13.7. The molecule has 3 aromatic rings. The van der Waals surface area contributed by atoms with Gasteiger partial charge in [-0.3, -0.25) is 4.98 Å². The van der Waals surface area contributed by atoms with Gasteiger partial charge in [0.1, 0.15) is 5.83 Å². The van der Waals surface area contributed by atoms with E-state index >= 15 is 0 Å². The van der Waals surface area contributed by atoms with E-state index in [1.165, 1.54) is 18.5 Å². The maximum absolute atomic E-state index is 13.9. The molecule has 6 nitrogen and oxygen atoms in total. The van der Waals surface area contributed by atoms with Gasteiger partial charge in [0.05, 0.1) is 5.57 Å². The molecule has 3 rings (SSSR count). The summed E-state index contributed by atoms with van der Waals surface area (Å²) in [7, 11) is 0. The van der Waals surface area contributed by atoms with Crippen molar-refractivity contribution in [3.8, 4) is 0 Å². The van der Waals surface area contributed by atoms with Crippen LogP contribution < -0.4 is 5.32 Å². The van der Waals surface area contributed by atoms with Gasteiger partial charge >= 0.3 is 0 Å². The largest absolute Gasteiger partial charge is 0.338 e. The van der Waals surface area contributed by atoms with Gasteiger partial charge < -0.3 is 5.32 Å². The summed E-state index contributed by atoms with van der Waals surface area (Å²) in [5, 5.41) is 3.23. The lowest BCUT2D eigenvalue weighted by molar-refractivity contribution is 0.676. The molecule has 1 N–H and O–H groups in total. The minimum atomic E-state index is -0.736. The van der Waals surface area contributed by atoms with Gasteiger partial charge in [-0.2, -0.15) is 0 Å². The van der Waals surface area contributed by atoms with Gasteiger partial charge in [-0.05, 0) is 18.2 Å². The Kier molecular flexibility index (Phi) is 4.76. The molecule has 3 aromatic heterocycles. The number of aromatic nitrogens is 5. The first-order chi connectivity index (χ1) is 12.0. The highest BCUT2D eigenvalue weighted by molar-refractivity contribution is 6.31. The van der Waals surface area contributed by atoms with Gasteiger partial charge in [0.2, 0.25) is 0 Å². The van der Waals surface area contributed by atoms with Gasteiger partial charge in [-0.25, -0.2) is 24.3 Å². The molecule has 25 heavy (non-hydrogen) atoms. The molecule has 0 saturated carbocycles. The predicted octanol–water partition coefficient (Wildman–Crippen LogP) is 4.18. The second-order valence-corrected chi connectivity index (χ2v) is 5.38. The minimum absolute atomic E-state index is 0.0188. The van der Waals surface area contributed by atoms with Crippen molar-refractivity contribution in [3.05, 3.63) is 72.8 Å². The van der Waals surface area contributed by atoms with Crippen molar-refractivity contribution >= 4 is 39.8 Å². The Hall–Kier alpha value is -3.19. The number of pyridine rings is 1. The van der Waals surface area contributed by atoms with Crippen molar-refractivity contribution < 1.29 is 4.39 Å². The van der Waals surface area contributed by atoms with Gasteiger partial charge in [0.25, 0.3) is 0 Å². The van der Waals surface area contributed by atoms with Gasteiger partial charge in [-0.1, -0.05) is 24.8 Å². The van der Waals surface area contributed by atoms with Crippen molar-refractivity contribution in [2.45, 2.75) is 0 Å². The average Bonchev–Trinajstić information content (AvgIpc) is 2.60. The number of allylic oxidation sites excluding steroid dienone is 4. The van der Waals surface area contributed by atoms with Crippen LogP contribution in [-0.4, -0.2) is 24.9 Å². The second kappa shape index (κ2) is 7.14. The number of hydrogen-bond donors (Lipinski definition) is 1. The van der Waals surface area contributed by atoms with Crippen molar-refractivity contribution in [2.75, 3.05) is 5.32 Å². The fraction of sp³-hybridized carbons (Fsp3) is 0. The Labute approximate surface area is 147 Å². The molecule has 0 atom stereocenters. The maximum Gasteiger partial charge on any atom is 0.184 e. The predicted molar refractivity (Wildman–Crippen MR) is 95.9 cm³/mol. The lowest BCUT2D eigenvalue weighted by Crippen LogP contribution is -2.04. The average molecular weight is 355 g/mol. The molecule has 0 radical (unpaired) electrons. The van der Waals surface area contributed by atoms with Crippen LogP contribution in [0.25, 0.3) is 16.7 Å². The highest BCUT2D eigenvalue weighted by Gasteiger charge is 2.15. The zero-order chi connectivity index (χ0) is 17.8. The first-order valence-corrected chi connectivity index (χ1v) is 7.49. The topological polar surface area (TPSA) is 76.5 Å². The second-order valence-electron chi connectivity index (χ2n) is 4.90. The number of rotatable bonds is 5. The molecule has 0 bridgehead atoms. The van der Waals surface area contributed by atoms with E-state index in [1.54, 1.807) is 24.5 Å². The molecule has 0 fully saturated rings. The molecule has 0 aliphatic heterocycles. The van der Waals surface area contributed by atoms with Crippen LogP contribution in [0.2, 0.25) is 0 Å². The first-order valence-electron chi connectivity index (χ1n) is 7.11. The summed E-state index contributed by atoms with van der Waals surface area (Å²) in [4.78, 5) is 21.0. The Morgan fingerprint density at radius 3 is 2.48 bits per heavy atom. The Bertz CT molecular complexity index is 987. The summed E-state index contributed by atoms with van der Waals surface area (Å²) in [6, 6.07) is 3.52. The Morgan fingerprint density at radius 2 is 1.80 bits per heavy atom. The van der Waals surface area contributed by atoms with Crippen LogP contribution in [0.15, 0.2) is 67.0 Å². The SMILES string of the molecule is C=C(Cl)/C=C(\C(=C)F)c1nc(Nc2ccncc2)c2nccnc2n1. The summed E-state index contributed by atoms with van der Waals surface area (Å²) < 4.78 is 13.9. The molecule has 8 heteroatoms. The van der Waals surface area contributed by atoms with E-state index in [1.807, 2.05) is 0 Å². The molecular weight excluding hydrogens is 343 g/mol. The van der Waals surface area contributed by atoms with Crippen LogP contribution in [0.1, 0.15) is 5.82 Å². The third-order valence-electron chi connectivity index (χ3n) is 3.11. The van der Waals surface area contributed by atoms with E-state index in [0.717, 1.165) is 5.69 Å². The summed E-state index contributed by atoms with van der Waals surface area (Å²) in [6.07, 6.45) is 7.57. The number of fused-ring (bicyclic) bond motifs is 1. The number of nitrogens with one attached hydrogen (secondary N) is 1. The van der Waals surface area contributed by atoms with E-state index in [4.69, 9.17) is 11.6 Å². The van der Waals surface area contributed by atoms with E-state index in [9.17, 15) is 4.39 Å². The van der Waals surface area contributed by atoms with E-state index < -0.39 is 5.83 Å². The molecule has 0 spiro atoms. The van der Waals surface area contributed by atoms with Crippen molar-refractivity contribution in [1.82, 2.24) is 24.9 Å². The molecule has 124 valence electrons. The van der Waals surface area contributed by atoms with Crippen LogP contribution in [0.4, 0.5) is 15.9 Å². The Balaban J connectivity index is 2.18. The molecule has 0 saturated heterocycles. The fourth-order valence-corrected chi connectivity index (χ4v) is 2.17. The molecule has 0 aliphatic rings. The highest BCUT2D eigenvalue weighted by Crippen LogP contribution is 2.27. The first kappa shape index (κ1) is 16.7. The smallest absolute Gasteiger partial charge is 0.184 e. The standard InChI is InChI=1S/C17H12ClFN6/c1-10(18)9-13(11(2)19)15-24-16-14(21-7-8-22-16)17(25-15)23-12-3-5-20-6-4-12/h3-9H,1-2H2,(H,20,22,23,24,25)/b13-9+. The Morgan fingerprint density at radius 1 is 1.08 bits per heavy atom. The van der Waals surface area contributed by atoms with Crippen molar-refractivity contribution in [3.63, 3.8) is 0 Å². The zero-order valence-electron chi connectivity index (χ0n) is 12.9. The van der Waals surface area contributed by atoms with Crippen LogP contribution in [0.5, 0.6) is 0 Å². The molecule has 0 aromatic carbocycles. The third kappa shape index (κ3) is 3.84. The lowest BCUT2D eigenvalue weighted by atomic mass is 10.2. The van der Waals surface area contributed by atoms with E-state index in [2.05, 4.69) is 43.4 Å². The summed E-state index contributed by atoms with van der Waals surface area (Å²) in [5.74, 6) is -0.301.